The number of nitrogens with one attached hydrogen (secondary N) is 1. The number of aliphatic imine (C=N–C) groups is 2. The molecule has 4 rings (SSSR count). The molecule has 34 heavy (non-hydrogen) atoms. The van der Waals surface area contributed by atoms with Gasteiger partial charge in [-0.1, -0.05) is 48.7 Å². The molecule has 1 aliphatic carbocycles. The Kier molecular flexibility index (Phi) is 8.99. The minimum atomic E-state index is -0.460. The minimum Gasteiger partial charge on any atom is -0.389 e. The summed E-state index contributed by atoms with van der Waals surface area (Å²) in [6.45, 7) is 7.22. The van der Waals surface area contributed by atoms with Gasteiger partial charge in [-0.05, 0) is 31.2 Å². The fraction of sp³-hybridized carbons (Fsp3) is 0.640. The zero-order valence-electron chi connectivity index (χ0n) is 19.8. The van der Waals surface area contributed by atoms with Crippen LogP contribution >= 0.6 is 23.2 Å². The number of rotatable bonds is 8. The molecule has 0 bridgehead atoms. The average Bonchev–Trinajstić information content (AvgIpc) is 2.96. The molecule has 1 saturated carbocycles. The average molecular weight is 508 g/mol. The Morgan fingerprint density at radius 1 is 1.21 bits per heavy atom. The maximum absolute atomic E-state index is 10.4. The van der Waals surface area contributed by atoms with Crippen molar-refractivity contribution in [3.63, 3.8) is 0 Å². The molecule has 9 heteroatoms. The summed E-state index contributed by atoms with van der Waals surface area (Å²) < 4.78 is 5.71. The van der Waals surface area contributed by atoms with Gasteiger partial charge in [0.05, 0.1) is 28.8 Å². The lowest BCUT2D eigenvalue weighted by Crippen LogP contribution is -2.51. The minimum absolute atomic E-state index is 0.0271. The number of nitrogens with zero attached hydrogens (tertiary/aromatic N) is 4. The Balaban J connectivity index is 1.33. The Morgan fingerprint density at radius 3 is 2.65 bits per heavy atom. The van der Waals surface area contributed by atoms with Crippen LogP contribution in [0.25, 0.3) is 0 Å². The number of benzene rings is 1. The van der Waals surface area contributed by atoms with E-state index in [1.807, 2.05) is 12.1 Å². The summed E-state index contributed by atoms with van der Waals surface area (Å²) in [5, 5.41) is 19.9. The maximum atomic E-state index is 10.4. The van der Waals surface area contributed by atoms with Crippen molar-refractivity contribution in [2.45, 2.75) is 51.2 Å². The highest BCUT2D eigenvalue weighted by Crippen LogP contribution is 2.28. The van der Waals surface area contributed by atoms with Gasteiger partial charge in [0.1, 0.15) is 11.5 Å². The monoisotopic (exact) mass is 507 g/mol. The first-order valence-electron chi connectivity index (χ1n) is 12.4. The Labute approximate surface area is 212 Å². The van der Waals surface area contributed by atoms with Crippen LogP contribution in [0.15, 0.2) is 28.2 Å². The zero-order chi connectivity index (χ0) is 24.1. The normalized spacial score (nSPS) is 23.2. The second-order valence-electron chi connectivity index (χ2n) is 9.50. The molecule has 1 aromatic rings. The third-order valence-corrected chi connectivity index (χ3v) is 7.79. The summed E-state index contributed by atoms with van der Waals surface area (Å²) in [5.41, 5.74) is 1.15. The molecule has 0 aromatic heterocycles. The van der Waals surface area contributed by atoms with Crippen molar-refractivity contribution in [3.05, 3.63) is 33.8 Å². The van der Waals surface area contributed by atoms with Gasteiger partial charge in [0.15, 0.2) is 5.84 Å². The maximum Gasteiger partial charge on any atom is 0.172 e. The molecule has 0 spiro atoms. The molecule has 2 unspecified atom stereocenters. The van der Waals surface area contributed by atoms with E-state index in [0.29, 0.717) is 46.8 Å². The molecule has 2 fully saturated rings. The lowest BCUT2D eigenvalue weighted by Gasteiger charge is -2.37. The summed E-state index contributed by atoms with van der Waals surface area (Å²) in [5.74, 6) is 1.72. The van der Waals surface area contributed by atoms with E-state index in [2.05, 4.69) is 21.7 Å². The van der Waals surface area contributed by atoms with Gasteiger partial charge in [-0.2, -0.15) is 0 Å². The van der Waals surface area contributed by atoms with Crippen molar-refractivity contribution in [2.24, 2.45) is 15.9 Å². The van der Waals surface area contributed by atoms with Gasteiger partial charge < -0.3 is 14.7 Å². The number of hydrogen-bond acceptors (Lipinski definition) is 6. The van der Waals surface area contributed by atoms with E-state index in [1.54, 1.807) is 6.07 Å². The summed E-state index contributed by atoms with van der Waals surface area (Å²) in [4.78, 5) is 14.1. The largest absolute Gasteiger partial charge is 0.389 e. The van der Waals surface area contributed by atoms with E-state index < -0.39 is 6.10 Å². The van der Waals surface area contributed by atoms with Crippen molar-refractivity contribution in [1.29, 1.82) is 5.41 Å². The van der Waals surface area contributed by atoms with Crippen LogP contribution in [0.4, 0.5) is 0 Å². The standard InChI is InChI=1S/C25H35Cl2N5O2/c1-2-18-13-22(30-25(28)24(29-18)20-7-4-8-21(26)23(20)27)32-11-9-31(10-12-32)14-19(33)16-34-15-17-5-3-6-17/h4,7-8,17-19,28,33H,2-3,5-6,9-16H2,1H3. The predicted molar refractivity (Wildman–Crippen MR) is 139 cm³/mol. The van der Waals surface area contributed by atoms with Crippen molar-refractivity contribution in [2.75, 3.05) is 45.9 Å². The summed E-state index contributed by atoms with van der Waals surface area (Å²) in [7, 11) is 0. The van der Waals surface area contributed by atoms with Gasteiger partial charge in [-0.15, -0.1) is 0 Å². The fourth-order valence-electron chi connectivity index (χ4n) is 4.62. The smallest absolute Gasteiger partial charge is 0.172 e. The van der Waals surface area contributed by atoms with Crippen LogP contribution in [-0.2, 0) is 4.74 Å². The lowest BCUT2D eigenvalue weighted by molar-refractivity contribution is -0.00908. The van der Waals surface area contributed by atoms with E-state index >= 15 is 0 Å². The van der Waals surface area contributed by atoms with Crippen LogP contribution in [-0.4, -0.2) is 90.4 Å². The molecular formula is C25H35Cl2N5O2. The number of aliphatic hydroxyl groups is 1. The van der Waals surface area contributed by atoms with Gasteiger partial charge in [0.25, 0.3) is 0 Å². The molecule has 2 heterocycles. The highest BCUT2D eigenvalue weighted by molar-refractivity contribution is 6.53. The van der Waals surface area contributed by atoms with Crippen LogP contribution < -0.4 is 0 Å². The van der Waals surface area contributed by atoms with Gasteiger partial charge in [0.2, 0.25) is 0 Å². The third-order valence-electron chi connectivity index (χ3n) is 6.97. The molecule has 2 aliphatic heterocycles. The first-order valence-corrected chi connectivity index (χ1v) is 13.1. The van der Waals surface area contributed by atoms with Crippen LogP contribution in [0, 0.1) is 11.3 Å². The third kappa shape index (κ3) is 6.38. The van der Waals surface area contributed by atoms with Gasteiger partial charge >= 0.3 is 0 Å². The van der Waals surface area contributed by atoms with Gasteiger partial charge in [-0.25, -0.2) is 4.99 Å². The molecule has 186 valence electrons. The van der Waals surface area contributed by atoms with E-state index in [0.717, 1.165) is 45.0 Å². The number of hydrogen-bond donors (Lipinski definition) is 2. The number of amidine groups is 2. The molecule has 0 amide bonds. The highest BCUT2D eigenvalue weighted by Gasteiger charge is 2.27. The molecule has 2 atom stereocenters. The predicted octanol–water partition coefficient (Wildman–Crippen LogP) is 4.14. The number of piperazine rings is 1. The Bertz CT molecular complexity index is 926. The SMILES string of the molecule is CCC1CC(N2CCN(CC(O)COCC3CCC3)CC2)=NC(=N)C(c2cccc(Cl)c2Cl)=N1. The molecule has 2 N–H and O–H groups in total. The Hall–Kier alpha value is -1.51. The van der Waals surface area contributed by atoms with Crippen LogP contribution in [0.3, 0.4) is 0 Å². The second-order valence-corrected chi connectivity index (χ2v) is 10.3. The summed E-state index contributed by atoms with van der Waals surface area (Å²) in [6.07, 6.45) is 4.91. The van der Waals surface area contributed by atoms with Crippen LogP contribution in [0.1, 0.15) is 44.6 Å². The van der Waals surface area contributed by atoms with Crippen molar-refractivity contribution in [3.8, 4) is 0 Å². The molecule has 0 radical (unpaired) electrons. The quantitative estimate of drug-likeness (QED) is 0.553. The van der Waals surface area contributed by atoms with E-state index in [-0.39, 0.29) is 11.9 Å². The van der Waals surface area contributed by atoms with Gasteiger partial charge in [-0.3, -0.25) is 15.3 Å². The van der Waals surface area contributed by atoms with Crippen molar-refractivity contribution in [1.82, 2.24) is 9.80 Å². The molecular weight excluding hydrogens is 473 g/mol. The summed E-state index contributed by atoms with van der Waals surface area (Å²) >= 11 is 12.6. The highest BCUT2D eigenvalue weighted by atomic mass is 35.5. The second kappa shape index (κ2) is 12.0. The Morgan fingerprint density at radius 2 is 1.97 bits per heavy atom. The number of aliphatic hydroxyl groups excluding tert-OH is 1. The molecule has 1 saturated heterocycles. The lowest BCUT2D eigenvalue weighted by atomic mass is 9.86. The molecule has 1 aromatic carbocycles. The van der Waals surface area contributed by atoms with Crippen LogP contribution in [0.2, 0.25) is 10.0 Å². The van der Waals surface area contributed by atoms with E-state index in [9.17, 15) is 5.11 Å². The number of β-amino-alcohol motifs (C(OH)–C–C–N with tert-alkyl or cyclic N) is 1. The topological polar surface area (TPSA) is 84.5 Å². The first-order chi connectivity index (χ1) is 16.4. The van der Waals surface area contributed by atoms with Crippen molar-refractivity contribution >= 4 is 40.6 Å². The summed E-state index contributed by atoms with van der Waals surface area (Å²) in [6, 6.07) is 5.42. The van der Waals surface area contributed by atoms with E-state index in [4.69, 9.17) is 38.3 Å². The van der Waals surface area contributed by atoms with Gasteiger partial charge in [0, 0.05) is 51.3 Å². The molecule has 3 aliphatic rings. The number of ether oxygens (including phenoxy) is 1. The molecule has 7 nitrogen and oxygen atoms in total. The fourth-order valence-corrected chi connectivity index (χ4v) is 5.01. The first kappa shape index (κ1) is 25.6. The number of halogens is 2. The zero-order valence-corrected chi connectivity index (χ0v) is 21.4. The van der Waals surface area contributed by atoms with Crippen LogP contribution in [0.5, 0.6) is 0 Å². The van der Waals surface area contributed by atoms with Crippen molar-refractivity contribution < 1.29 is 9.84 Å². The van der Waals surface area contributed by atoms with E-state index in [1.165, 1.54) is 19.3 Å².